The van der Waals surface area contributed by atoms with Gasteiger partial charge in [-0.05, 0) is 31.0 Å². The zero-order valence-electron chi connectivity index (χ0n) is 10.8. The molecule has 0 spiro atoms. The number of rotatable bonds is 3. The third kappa shape index (κ3) is 2.10. The molecule has 0 saturated carbocycles. The fourth-order valence-corrected chi connectivity index (χ4v) is 2.29. The average Bonchev–Trinajstić information content (AvgIpc) is 2.54. The van der Waals surface area contributed by atoms with Gasteiger partial charge in [0.05, 0.1) is 17.8 Å². The molecule has 1 aliphatic rings. The van der Waals surface area contributed by atoms with Crippen LogP contribution in [0.15, 0.2) is 12.1 Å². The maximum Gasteiger partial charge on any atom is 0.299 e. The first-order chi connectivity index (χ1) is 8.82. The molecule has 0 aliphatic carbocycles. The van der Waals surface area contributed by atoms with Crippen LogP contribution in [0.4, 0.5) is 5.69 Å². The van der Waals surface area contributed by atoms with Crippen molar-refractivity contribution in [3.8, 4) is 0 Å². The van der Waals surface area contributed by atoms with Gasteiger partial charge in [0.25, 0.3) is 11.7 Å². The van der Waals surface area contributed by atoms with Gasteiger partial charge in [-0.3, -0.25) is 14.4 Å². The Labute approximate surface area is 110 Å². The number of nitrogens with two attached hydrogens (primary N) is 2. The molecule has 1 unspecified atom stereocenters. The molecule has 0 fully saturated rings. The van der Waals surface area contributed by atoms with Crippen molar-refractivity contribution >= 4 is 23.3 Å². The second-order valence-corrected chi connectivity index (χ2v) is 4.73. The second-order valence-electron chi connectivity index (χ2n) is 4.73. The molecule has 4 N–H and O–H groups in total. The highest BCUT2D eigenvalue weighted by Gasteiger charge is 2.38. The molecule has 2 amide bonds. The number of carbonyl (C=O) groups excluding carboxylic acids is 3. The number of carbonyl (C=O) groups is 3. The number of hydrogen-bond donors (Lipinski definition) is 2. The van der Waals surface area contributed by atoms with Gasteiger partial charge in [-0.2, -0.15) is 0 Å². The van der Waals surface area contributed by atoms with Crippen molar-refractivity contribution < 1.29 is 14.4 Å². The van der Waals surface area contributed by atoms with Gasteiger partial charge in [-0.1, -0.05) is 6.07 Å². The first kappa shape index (κ1) is 13.2. The lowest BCUT2D eigenvalue weighted by molar-refractivity contribution is -0.119. The summed E-state index contributed by atoms with van der Waals surface area (Å²) in [6, 6.07) is 2.54. The van der Waals surface area contributed by atoms with E-state index in [1.807, 2.05) is 13.0 Å². The van der Waals surface area contributed by atoms with Gasteiger partial charge in [-0.15, -0.1) is 0 Å². The van der Waals surface area contributed by atoms with Crippen molar-refractivity contribution in [1.82, 2.24) is 0 Å². The van der Waals surface area contributed by atoms with Crippen molar-refractivity contribution in [3.63, 3.8) is 0 Å². The third-order valence-electron chi connectivity index (χ3n) is 3.14. The summed E-state index contributed by atoms with van der Waals surface area (Å²) in [6.07, 6.45) is 0. The van der Waals surface area contributed by atoms with Crippen LogP contribution in [-0.4, -0.2) is 30.2 Å². The largest absolute Gasteiger partial charge is 0.368 e. The number of nitrogens with zero attached hydrogens (tertiary/aromatic N) is 1. The molecule has 6 nitrogen and oxygen atoms in total. The Morgan fingerprint density at radius 1 is 1.32 bits per heavy atom. The molecular weight excluding hydrogens is 246 g/mol. The first-order valence-corrected chi connectivity index (χ1v) is 5.85. The maximum atomic E-state index is 12.0. The molecule has 100 valence electrons. The van der Waals surface area contributed by atoms with Gasteiger partial charge in [0.2, 0.25) is 5.91 Å². The Morgan fingerprint density at radius 3 is 2.53 bits per heavy atom. The smallest absolute Gasteiger partial charge is 0.299 e. The van der Waals surface area contributed by atoms with E-state index in [2.05, 4.69) is 0 Å². The van der Waals surface area contributed by atoms with E-state index in [-0.39, 0.29) is 6.54 Å². The molecule has 6 heteroatoms. The lowest BCUT2D eigenvalue weighted by Crippen LogP contribution is -2.47. The van der Waals surface area contributed by atoms with E-state index in [4.69, 9.17) is 11.5 Å². The molecule has 1 aromatic rings. The summed E-state index contributed by atoms with van der Waals surface area (Å²) < 4.78 is 0. The Hall–Kier alpha value is -2.21. The average molecular weight is 261 g/mol. The number of benzene rings is 1. The van der Waals surface area contributed by atoms with Crippen molar-refractivity contribution in [2.24, 2.45) is 11.5 Å². The van der Waals surface area contributed by atoms with E-state index >= 15 is 0 Å². The Balaban J connectivity index is 2.47. The molecule has 1 heterocycles. The summed E-state index contributed by atoms with van der Waals surface area (Å²) in [7, 11) is 0. The normalized spacial score (nSPS) is 15.6. The number of fused-ring (bicyclic) bond motifs is 1. The van der Waals surface area contributed by atoms with Gasteiger partial charge in [0.1, 0.15) is 6.04 Å². The van der Waals surface area contributed by atoms with Crippen LogP contribution in [0.3, 0.4) is 0 Å². The van der Waals surface area contributed by atoms with Gasteiger partial charge >= 0.3 is 0 Å². The summed E-state index contributed by atoms with van der Waals surface area (Å²) >= 11 is 0. The van der Waals surface area contributed by atoms with Crippen LogP contribution in [0.2, 0.25) is 0 Å². The second kappa shape index (κ2) is 4.47. The molecule has 0 bridgehead atoms. The topological polar surface area (TPSA) is 106 Å². The maximum absolute atomic E-state index is 12.0. The van der Waals surface area contributed by atoms with E-state index in [1.54, 1.807) is 13.0 Å². The van der Waals surface area contributed by atoms with Gasteiger partial charge < -0.3 is 16.4 Å². The lowest BCUT2D eigenvalue weighted by Gasteiger charge is -2.21. The van der Waals surface area contributed by atoms with E-state index in [9.17, 15) is 14.4 Å². The minimum atomic E-state index is -0.997. The molecule has 0 saturated heterocycles. The van der Waals surface area contributed by atoms with E-state index < -0.39 is 23.6 Å². The summed E-state index contributed by atoms with van der Waals surface area (Å²) in [4.78, 5) is 36.1. The molecule has 1 aromatic carbocycles. The minimum Gasteiger partial charge on any atom is -0.368 e. The van der Waals surface area contributed by atoms with E-state index in [0.717, 1.165) is 11.1 Å². The predicted octanol–water partition coefficient (Wildman–Crippen LogP) is -0.355. The highest BCUT2D eigenvalue weighted by atomic mass is 16.2. The number of Topliss-reactive ketones (excluding diaryl/α,β-unsaturated/α-hetero) is 1. The van der Waals surface area contributed by atoms with Crippen LogP contribution in [-0.2, 0) is 9.59 Å². The highest BCUT2D eigenvalue weighted by molar-refractivity contribution is 6.52. The van der Waals surface area contributed by atoms with Crippen molar-refractivity contribution in [2.75, 3.05) is 11.4 Å². The predicted molar refractivity (Wildman–Crippen MR) is 69.8 cm³/mol. The van der Waals surface area contributed by atoms with E-state index in [0.29, 0.717) is 11.3 Å². The lowest BCUT2D eigenvalue weighted by atomic mass is 10.0. The molecular formula is C13H15N3O3. The van der Waals surface area contributed by atoms with Crippen LogP contribution in [0.1, 0.15) is 21.5 Å². The standard InChI is InChI=1S/C13H15N3O3/c1-6-3-7(2)10-8(4-6)11(17)13(19)16(10)5-9(14)12(15)18/h3-4,9H,5,14H2,1-2H3,(H2,15,18). The summed E-state index contributed by atoms with van der Waals surface area (Å²) in [5.41, 5.74) is 13.2. The SMILES string of the molecule is Cc1cc(C)c2c(c1)C(=O)C(=O)N2CC(N)C(N)=O. The van der Waals surface area contributed by atoms with Gasteiger partial charge in [-0.25, -0.2) is 0 Å². The van der Waals surface area contributed by atoms with Crippen molar-refractivity contribution in [1.29, 1.82) is 0 Å². The number of amides is 2. The van der Waals surface area contributed by atoms with Crippen LogP contribution < -0.4 is 16.4 Å². The third-order valence-corrected chi connectivity index (χ3v) is 3.14. The summed E-state index contributed by atoms with van der Waals surface area (Å²) in [6.45, 7) is 3.57. The van der Waals surface area contributed by atoms with Crippen molar-refractivity contribution in [2.45, 2.75) is 19.9 Å². The Bertz CT molecular complexity index is 595. The monoisotopic (exact) mass is 261 g/mol. The molecule has 0 aromatic heterocycles. The molecule has 2 rings (SSSR count). The molecule has 1 aliphatic heterocycles. The zero-order chi connectivity index (χ0) is 14.3. The molecule has 19 heavy (non-hydrogen) atoms. The summed E-state index contributed by atoms with van der Waals surface area (Å²) in [5.74, 6) is -1.95. The van der Waals surface area contributed by atoms with Crippen LogP contribution in [0, 0.1) is 13.8 Å². The number of ketones is 1. The highest BCUT2D eigenvalue weighted by Crippen LogP contribution is 2.33. The van der Waals surface area contributed by atoms with Crippen LogP contribution in [0.5, 0.6) is 0 Å². The number of hydrogen-bond acceptors (Lipinski definition) is 4. The fourth-order valence-electron chi connectivity index (χ4n) is 2.29. The van der Waals surface area contributed by atoms with Gasteiger partial charge in [0.15, 0.2) is 0 Å². The first-order valence-electron chi connectivity index (χ1n) is 5.85. The Morgan fingerprint density at radius 2 is 1.95 bits per heavy atom. The molecule has 1 atom stereocenters. The molecule has 0 radical (unpaired) electrons. The number of aryl methyl sites for hydroxylation is 2. The fraction of sp³-hybridized carbons (Fsp3) is 0.308. The Kier molecular flexibility index (Phi) is 3.11. The number of anilines is 1. The van der Waals surface area contributed by atoms with Gasteiger partial charge in [0, 0.05) is 0 Å². The van der Waals surface area contributed by atoms with Crippen LogP contribution >= 0.6 is 0 Å². The quantitative estimate of drug-likeness (QED) is 0.725. The van der Waals surface area contributed by atoms with Crippen molar-refractivity contribution in [3.05, 3.63) is 28.8 Å². The number of primary amides is 1. The minimum absolute atomic E-state index is 0.0865. The summed E-state index contributed by atoms with van der Waals surface area (Å²) in [5, 5.41) is 0. The van der Waals surface area contributed by atoms with E-state index in [1.165, 1.54) is 4.90 Å². The van der Waals surface area contributed by atoms with Crippen LogP contribution in [0.25, 0.3) is 0 Å². The zero-order valence-corrected chi connectivity index (χ0v) is 10.8.